The number of aromatic nitrogens is 2. The van der Waals surface area contributed by atoms with Crippen molar-refractivity contribution in [3.05, 3.63) is 143 Å². The van der Waals surface area contributed by atoms with Crippen molar-refractivity contribution in [3.63, 3.8) is 0 Å². The molecule has 0 atom stereocenters. The van der Waals surface area contributed by atoms with Crippen LogP contribution in [0.5, 0.6) is 0 Å². The molecule has 219 valence electrons. The minimum Gasteiger partial charge on any atom is -0.305 e. The van der Waals surface area contributed by atoms with Crippen LogP contribution in [0.2, 0.25) is 0 Å². The molecule has 0 spiro atoms. The monoisotopic (exact) mass is 731 g/mol. The number of pyridine rings is 2. The van der Waals surface area contributed by atoms with Gasteiger partial charge in [0.05, 0.1) is 0 Å². The Hall–Kier alpha value is -3.39. The first kappa shape index (κ1) is 33.1. The van der Waals surface area contributed by atoms with E-state index in [4.69, 9.17) is 0 Å². The van der Waals surface area contributed by atoms with Gasteiger partial charge in [-0.05, 0) is 66.6 Å². The number of rotatable bonds is 8. The van der Waals surface area contributed by atoms with Gasteiger partial charge in [0.15, 0.2) is 0 Å². The maximum Gasteiger partial charge on any atom is 0.0192 e. The number of aryl methyl sites for hydroxylation is 2. The molecule has 0 aliphatic carbocycles. The van der Waals surface area contributed by atoms with E-state index in [1.807, 2.05) is 24.5 Å². The third-order valence-electron chi connectivity index (χ3n) is 6.95. The topological polar surface area (TPSA) is 25.8 Å². The Kier molecular flexibility index (Phi) is 12.9. The second-order valence-corrected chi connectivity index (χ2v) is 11.8. The summed E-state index contributed by atoms with van der Waals surface area (Å²) in [4.78, 5) is 9.05. The standard InChI is InChI=1S/C22H22N.C17H20N.Ir/c1-17(2)13-20-11-12-23-22(16-20)21-10-6-9-19(15-21)14-18-7-4-3-5-8-18;1-12(2)9-16-10-17(18-11-14(16)4)15-7-5-13(3)6-8-15;/h3-9,11-12,15-17H,13-14H2,1-2H3;5-7,10-12H,9H2,1-4H3;/q2*-1;. The molecule has 0 saturated carbocycles. The van der Waals surface area contributed by atoms with Crippen molar-refractivity contribution in [2.45, 2.75) is 60.8 Å². The Balaban J connectivity index is 0.000000232. The van der Waals surface area contributed by atoms with E-state index in [-0.39, 0.29) is 20.1 Å². The Morgan fingerprint density at radius 2 is 1.40 bits per heavy atom. The third-order valence-corrected chi connectivity index (χ3v) is 6.95. The molecule has 0 saturated heterocycles. The van der Waals surface area contributed by atoms with E-state index in [9.17, 15) is 0 Å². The van der Waals surface area contributed by atoms with Crippen LogP contribution in [0.3, 0.4) is 0 Å². The Bertz CT molecular complexity index is 1520. The number of hydrogen-bond acceptors (Lipinski definition) is 2. The molecule has 0 unspecified atom stereocenters. The minimum absolute atomic E-state index is 0. The second-order valence-electron chi connectivity index (χ2n) is 11.8. The maximum absolute atomic E-state index is 4.53. The SMILES string of the molecule is CC(C)Cc1ccnc(-c2[c-]ccc(Cc3ccccc3)c2)c1.Cc1c[c-]c(-c2cc(CC(C)C)c(C)cn2)cc1.[Ir]. The van der Waals surface area contributed by atoms with Gasteiger partial charge in [-0.25, -0.2) is 0 Å². The summed E-state index contributed by atoms with van der Waals surface area (Å²) in [6.45, 7) is 13.2. The molecule has 0 N–H and O–H groups in total. The molecule has 2 aromatic heterocycles. The van der Waals surface area contributed by atoms with Gasteiger partial charge in [-0.1, -0.05) is 88.2 Å². The van der Waals surface area contributed by atoms with Gasteiger partial charge in [0.25, 0.3) is 0 Å². The molecule has 42 heavy (non-hydrogen) atoms. The number of hydrogen-bond donors (Lipinski definition) is 0. The molecule has 1 radical (unpaired) electrons. The summed E-state index contributed by atoms with van der Waals surface area (Å²) in [6, 6.07) is 36.2. The summed E-state index contributed by atoms with van der Waals surface area (Å²) in [5.41, 5.74) is 12.0. The van der Waals surface area contributed by atoms with Crippen LogP contribution in [0.25, 0.3) is 22.5 Å². The average molecular weight is 731 g/mol. The zero-order valence-corrected chi connectivity index (χ0v) is 28.1. The smallest absolute Gasteiger partial charge is 0.0192 e. The minimum atomic E-state index is 0. The number of nitrogens with zero attached hydrogens (tertiary/aromatic N) is 2. The molecule has 0 aliphatic heterocycles. The van der Waals surface area contributed by atoms with Crippen LogP contribution in [0.4, 0.5) is 0 Å². The summed E-state index contributed by atoms with van der Waals surface area (Å²) in [7, 11) is 0. The van der Waals surface area contributed by atoms with Crippen molar-refractivity contribution < 1.29 is 20.1 Å². The molecule has 5 rings (SSSR count). The van der Waals surface area contributed by atoms with Gasteiger partial charge in [-0.3, -0.25) is 0 Å². The summed E-state index contributed by atoms with van der Waals surface area (Å²) in [5, 5.41) is 0. The van der Waals surface area contributed by atoms with Crippen LogP contribution in [-0.2, 0) is 39.4 Å². The van der Waals surface area contributed by atoms with Crippen molar-refractivity contribution in [1.29, 1.82) is 0 Å². The zero-order chi connectivity index (χ0) is 29.2. The van der Waals surface area contributed by atoms with E-state index in [1.165, 1.54) is 33.4 Å². The van der Waals surface area contributed by atoms with Gasteiger partial charge in [0.2, 0.25) is 0 Å². The quantitative estimate of drug-likeness (QED) is 0.149. The summed E-state index contributed by atoms with van der Waals surface area (Å²) >= 11 is 0. The van der Waals surface area contributed by atoms with Crippen molar-refractivity contribution in [1.82, 2.24) is 9.97 Å². The van der Waals surface area contributed by atoms with Gasteiger partial charge in [-0.15, -0.1) is 70.8 Å². The summed E-state index contributed by atoms with van der Waals surface area (Å²) < 4.78 is 0. The van der Waals surface area contributed by atoms with Crippen LogP contribution < -0.4 is 0 Å². The van der Waals surface area contributed by atoms with Crippen LogP contribution in [0, 0.1) is 37.8 Å². The molecule has 0 amide bonds. The summed E-state index contributed by atoms with van der Waals surface area (Å²) in [6.07, 6.45) is 7.01. The molecule has 3 aromatic carbocycles. The van der Waals surface area contributed by atoms with Crippen molar-refractivity contribution in [3.8, 4) is 22.5 Å². The molecule has 0 aliphatic rings. The van der Waals surface area contributed by atoms with E-state index >= 15 is 0 Å². The van der Waals surface area contributed by atoms with E-state index in [1.54, 1.807) is 0 Å². The molecule has 2 nitrogen and oxygen atoms in total. The fourth-order valence-corrected chi connectivity index (χ4v) is 4.86. The van der Waals surface area contributed by atoms with Gasteiger partial charge in [0, 0.05) is 32.5 Å². The Morgan fingerprint density at radius 1 is 0.667 bits per heavy atom. The first-order valence-electron chi connectivity index (χ1n) is 14.7. The maximum atomic E-state index is 4.53. The zero-order valence-electron chi connectivity index (χ0n) is 25.7. The van der Waals surface area contributed by atoms with Crippen LogP contribution in [-0.4, -0.2) is 9.97 Å². The molecule has 3 heteroatoms. The van der Waals surface area contributed by atoms with Crippen LogP contribution >= 0.6 is 0 Å². The first-order chi connectivity index (χ1) is 19.8. The fraction of sp³-hybridized carbons (Fsp3) is 0.282. The van der Waals surface area contributed by atoms with E-state index in [2.05, 4.69) is 136 Å². The number of benzene rings is 3. The average Bonchev–Trinajstić information content (AvgIpc) is 2.95. The molecule has 5 aromatic rings. The van der Waals surface area contributed by atoms with Crippen molar-refractivity contribution in [2.24, 2.45) is 11.8 Å². The largest absolute Gasteiger partial charge is 0.305 e. The first-order valence-corrected chi connectivity index (χ1v) is 14.7. The van der Waals surface area contributed by atoms with E-state index in [0.29, 0.717) is 11.8 Å². The molecule has 0 bridgehead atoms. The van der Waals surface area contributed by atoms with Gasteiger partial charge >= 0.3 is 0 Å². The molecule has 2 heterocycles. The third kappa shape index (κ3) is 10.2. The summed E-state index contributed by atoms with van der Waals surface area (Å²) in [5.74, 6) is 1.32. The van der Waals surface area contributed by atoms with E-state index in [0.717, 1.165) is 41.8 Å². The predicted octanol–water partition coefficient (Wildman–Crippen LogP) is 9.70. The second kappa shape index (κ2) is 16.3. The van der Waals surface area contributed by atoms with Gasteiger partial charge in [-0.2, -0.15) is 0 Å². The molecular formula is C39H42IrN2-2. The van der Waals surface area contributed by atoms with Gasteiger partial charge in [0.1, 0.15) is 0 Å². The van der Waals surface area contributed by atoms with Crippen molar-refractivity contribution >= 4 is 0 Å². The normalized spacial score (nSPS) is 10.7. The van der Waals surface area contributed by atoms with Crippen LogP contribution in [0.15, 0.2) is 97.3 Å². The van der Waals surface area contributed by atoms with Crippen LogP contribution in [0.1, 0.15) is 61.1 Å². The Morgan fingerprint density at radius 3 is 2.10 bits per heavy atom. The van der Waals surface area contributed by atoms with Gasteiger partial charge < -0.3 is 9.97 Å². The predicted molar refractivity (Wildman–Crippen MR) is 173 cm³/mol. The Labute approximate surface area is 267 Å². The van der Waals surface area contributed by atoms with Crippen molar-refractivity contribution in [2.75, 3.05) is 0 Å². The fourth-order valence-electron chi connectivity index (χ4n) is 4.86. The molecule has 0 fully saturated rings. The molecular weight excluding hydrogens is 689 g/mol. The van der Waals surface area contributed by atoms with E-state index < -0.39 is 0 Å².